The molecule has 3 atom stereocenters. The Morgan fingerprint density at radius 1 is 1.16 bits per heavy atom. The zero-order valence-electron chi connectivity index (χ0n) is 26.9. The molecule has 3 aromatic heterocycles. The molecule has 0 unspecified atom stereocenters. The Hall–Kier alpha value is -4.82. The van der Waals surface area contributed by atoms with E-state index in [0.717, 1.165) is 36.0 Å². The molecular formula is C34H30F6N8O2S. The van der Waals surface area contributed by atoms with Crippen LogP contribution in [0.2, 0.25) is 0 Å². The first kappa shape index (κ1) is 34.6. The number of hydrogen-bond acceptors (Lipinski definition) is 9. The molecule has 4 aromatic rings. The Kier molecular flexibility index (Phi) is 9.31. The number of hydrogen-bond donors (Lipinski definition) is 0. The Bertz CT molecular complexity index is 2020. The van der Waals surface area contributed by atoms with Crippen LogP contribution in [-0.4, -0.2) is 99.3 Å². The molecule has 0 radical (unpaired) electrons. The first-order valence-electron chi connectivity index (χ1n) is 16.2. The van der Waals surface area contributed by atoms with Crippen LogP contribution in [0.15, 0.2) is 47.9 Å². The number of halogens is 6. The highest BCUT2D eigenvalue weighted by atomic mass is 32.1. The average Bonchev–Trinajstić information content (AvgIpc) is 3.83. The molecule has 17 heteroatoms. The van der Waals surface area contributed by atoms with Crippen molar-refractivity contribution in [2.45, 2.75) is 43.2 Å². The van der Waals surface area contributed by atoms with Gasteiger partial charge in [-0.2, -0.15) is 23.1 Å². The third kappa shape index (κ3) is 6.69. The van der Waals surface area contributed by atoms with Crippen LogP contribution in [0.1, 0.15) is 29.8 Å². The van der Waals surface area contributed by atoms with Gasteiger partial charge in [0.25, 0.3) is 5.91 Å². The van der Waals surface area contributed by atoms with E-state index < -0.39 is 58.3 Å². The van der Waals surface area contributed by atoms with Gasteiger partial charge in [0, 0.05) is 62.0 Å². The Morgan fingerprint density at radius 2 is 1.98 bits per heavy atom. The van der Waals surface area contributed by atoms with Crippen molar-refractivity contribution in [2.75, 3.05) is 50.8 Å². The average molecular weight is 729 g/mol. The van der Waals surface area contributed by atoms with E-state index in [1.807, 2.05) is 4.90 Å². The van der Waals surface area contributed by atoms with Crippen molar-refractivity contribution in [3.63, 3.8) is 0 Å². The zero-order valence-corrected chi connectivity index (χ0v) is 27.7. The second-order valence-corrected chi connectivity index (χ2v) is 13.6. The number of thiazole rings is 1. The molecule has 51 heavy (non-hydrogen) atoms. The highest BCUT2D eigenvalue weighted by Crippen LogP contribution is 2.42. The van der Waals surface area contributed by atoms with Gasteiger partial charge in [0.1, 0.15) is 40.9 Å². The second kappa shape index (κ2) is 13.7. The largest absolute Gasteiger partial charge is 0.461 e. The number of carbonyl (C=O) groups is 1. The summed E-state index contributed by atoms with van der Waals surface area (Å²) in [6.07, 6.45) is -0.397. The molecule has 3 aliphatic rings. The number of carbonyl (C=O) groups excluding carboxylic acids is 1. The summed E-state index contributed by atoms with van der Waals surface area (Å²) in [7, 11) is 0. The van der Waals surface area contributed by atoms with Gasteiger partial charge in [0.15, 0.2) is 11.6 Å². The minimum Gasteiger partial charge on any atom is -0.461 e. The molecule has 1 amide bonds. The molecule has 0 aliphatic carbocycles. The summed E-state index contributed by atoms with van der Waals surface area (Å²) in [6, 6.07) is 3.40. The van der Waals surface area contributed by atoms with Gasteiger partial charge in [0.05, 0.1) is 16.5 Å². The Balaban J connectivity index is 1.27. The number of anilines is 1. The maximum atomic E-state index is 16.5. The number of alkyl halides is 4. The third-order valence-electron chi connectivity index (χ3n) is 9.61. The van der Waals surface area contributed by atoms with Crippen LogP contribution in [0.3, 0.4) is 0 Å². The van der Waals surface area contributed by atoms with E-state index >= 15 is 8.78 Å². The summed E-state index contributed by atoms with van der Waals surface area (Å²) < 4.78 is 93.9. The van der Waals surface area contributed by atoms with E-state index in [0.29, 0.717) is 18.0 Å². The van der Waals surface area contributed by atoms with Crippen LogP contribution in [0, 0.1) is 12.4 Å². The highest BCUT2D eigenvalue weighted by Gasteiger charge is 2.49. The number of aromatic nitrogens is 4. The van der Waals surface area contributed by atoms with Crippen molar-refractivity contribution in [1.29, 1.82) is 0 Å². The minimum absolute atomic E-state index is 0.00215. The molecule has 3 fully saturated rings. The van der Waals surface area contributed by atoms with Crippen LogP contribution in [-0.2, 0) is 11.0 Å². The number of pyridine rings is 1. The van der Waals surface area contributed by atoms with Gasteiger partial charge in [-0.15, -0.1) is 11.3 Å². The fraction of sp³-hybridized carbons (Fsp3) is 0.412. The summed E-state index contributed by atoms with van der Waals surface area (Å²) in [5, 5.41) is 1.99. The Morgan fingerprint density at radius 3 is 2.75 bits per heavy atom. The highest BCUT2D eigenvalue weighted by molar-refractivity contribution is 7.10. The summed E-state index contributed by atoms with van der Waals surface area (Å²) in [4.78, 5) is 38.5. The van der Waals surface area contributed by atoms with Gasteiger partial charge in [-0.25, -0.2) is 24.7 Å². The van der Waals surface area contributed by atoms with E-state index in [-0.39, 0.29) is 68.5 Å². The van der Waals surface area contributed by atoms with Crippen molar-refractivity contribution < 1.29 is 35.9 Å². The van der Waals surface area contributed by atoms with E-state index in [4.69, 9.17) is 11.3 Å². The lowest BCUT2D eigenvalue weighted by atomic mass is 9.95. The van der Waals surface area contributed by atoms with Gasteiger partial charge >= 0.3 is 12.2 Å². The van der Waals surface area contributed by atoms with Crippen molar-refractivity contribution in [3.05, 3.63) is 75.7 Å². The van der Waals surface area contributed by atoms with Gasteiger partial charge in [-0.3, -0.25) is 14.7 Å². The van der Waals surface area contributed by atoms with Crippen LogP contribution < -0.4 is 9.64 Å². The second-order valence-electron chi connectivity index (χ2n) is 12.7. The lowest BCUT2D eigenvalue weighted by molar-refractivity contribution is -0.137. The summed E-state index contributed by atoms with van der Waals surface area (Å²) in [6.45, 7) is 8.29. The summed E-state index contributed by atoms with van der Waals surface area (Å²) in [5.74, 6) is -2.99. The molecule has 0 bridgehead atoms. The smallest absolute Gasteiger partial charge is 0.417 e. The molecule has 0 N–H and O–H groups in total. The van der Waals surface area contributed by atoms with Gasteiger partial charge in [-0.05, 0) is 25.5 Å². The molecule has 6 heterocycles. The lowest BCUT2D eigenvalue weighted by Crippen LogP contribution is -2.56. The van der Waals surface area contributed by atoms with Crippen molar-refractivity contribution in [1.82, 2.24) is 29.7 Å². The van der Waals surface area contributed by atoms with Crippen LogP contribution in [0.5, 0.6) is 6.01 Å². The molecule has 3 aliphatic heterocycles. The molecule has 10 nitrogen and oxygen atoms in total. The quantitative estimate of drug-likeness (QED) is 0.120. The number of fused-ring (bicyclic) bond motifs is 2. The van der Waals surface area contributed by atoms with Crippen molar-refractivity contribution in [2.24, 2.45) is 0 Å². The number of piperazine rings is 1. The number of benzene rings is 1. The number of ether oxygens (including phenoxy) is 1. The predicted molar refractivity (Wildman–Crippen MR) is 177 cm³/mol. The van der Waals surface area contributed by atoms with Crippen LogP contribution >= 0.6 is 11.3 Å². The van der Waals surface area contributed by atoms with Gasteiger partial charge < -0.3 is 19.4 Å². The molecule has 3 saturated heterocycles. The number of amides is 1. The molecule has 0 saturated carbocycles. The standard InChI is InChI=1S/C34H30F6N8O2S/c1-41-15-21-18-46(10-11-48(21)31(49)25(36)13-26-42-8-12-51-26)30-23-16-43-28(22-5-2-3-6-24(22)34(38,39)40)27(37)29(23)44-32(45-30)50-19-33-7-4-9-47(33)17-20(35)14-33/h2-3,5-6,8,12-13,16,20-21H,4,7,9-11,14-15,17-19H2/b25-13-/t20-,21+,33+/m1/s1. The topological polar surface area (TPSA) is 91.9 Å². The lowest BCUT2D eigenvalue weighted by Gasteiger charge is -2.39. The fourth-order valence-electron chi connectivity index (χ4n) is 7.29. The first-order valence-corrected chi connectivity index (χ1v) is 17.1. The summed E-state index contributed by atoms with van der Waals surface area (Å²) >= 11 is 1.15. The van der Waals surface area contributed by atoms with E-state index in [1.54, 1.807) is 10.3 Å². The predicted octanol–water partition coefficient (Wildman–Crippen LogP) is 6.21. The zero-order chi connectivity index (χ0) is 35.9. The van der Waals surface area contributed by atoms with Crippen molar-refractivity contribution in [3.8, 4) is 17.3 Å². The van der Waals surface area contributed by atoms with Gasteiger partial charge in [-0.1, -0.05) is 18.2 Å². The molecule has 7 rings (SSSR count). The van der Waals surface area contributed by atoms with Crippen LogP contribution in [0.4, 0.5) is 32.2 Å². The van der Waals surface area contributed by atoms with Crippen LogP contribution in [0.25, 0.3) is 33.1 Å². The van der Waals surface area contributed by atoms with E-state index in [2.05, 4.69) is 24.8 Å². The monoisotopic (exact) mass is 728 g/mol. The SMILES string of the molecule is [C-]#[N+]C[C@H]1CN(c2nc(OC[C@@]34CCCN3C[C@H](F)C4)nc3c(F)c(-c4ccccc4C(F)(F)F)ncc23)CCN1C(=O)/C(F)=C/c1nccs1. The maximum absolute atomic E-state index is 16.5. The first-order chi connectivity index (χ1) is 24.5. The fourth-order valence-corrected chi connectivity index (χ4v) is 7.84. The van der Waals surface area contributed by atoms with E-state index in [1.165, 1.54) is 29.4 Å². The molecule has 266 valence electrons. The molecule has 1 aromatic carbocycles. The molecular weight excluding hydrogens is 698 g/mol. The number of nitrogens with zero attached hydrogens (tertiary/aromatic N) is 8. The third-order valence-corrected chi connectivity index (χ3v) is 10.3. The Labute approximate surface area is 292 Å². The molecule has 0 spiro atoms. The van der Waals surface area contributed by atoms with Crippen molar-refractivity contribution >= 4 is 40.0 Å². The number of rotatable bonds is 8. The maximum Gasteiger partial charge on any atom is 0.417 e. The van der Waals surface area contributed by atoms with Gasteiger partial charge in [0.2, 0.25) is 6.54 Å². The summed E-state index contributed by atoms with van der Waals surface area (Å²) in [5.41, 5.74) is -3.10. The normalized spacial score (nSPS) is 22.7. The minimum atomic E-state index is -4.79. The van der Waals surface area contributed by atoms with E-state index in [9.17, 15) is 22.4 Å².